The summed E-state index contributed by atoms with van der Waals surface area (Å²) in [6.45, 7) is 2.36. The first-order chi connectivity index (χ1) is 16.6. The van der Waals surface area contributed by atoms with Crippen LogP contribution in [-0.4, -0.2) is 39.0 Å². The molecule has 0 fully saturated rings. The summed E-state index contributed by atoms with van der Waals surface area (Å²) in [5.41, 5.74) is 1.57. The maximum absolute atomic E-state index is 12.7. The molecule has 176 valence electrons. The number of aromatic amines is 1. The monoisotopic (exact) mass is 498 g/mol. The molecule has 1 amide bonds. The van der Waals surface area contributed by atoms with Gasteiger partial charge in [-0.15, -0.1) is 16.4 Å². The minimum absolute atomic E-state index is 0.00583. The number of aryl methyl sites for hydroxylation is 1. The van der Waals surface area contributed by atoms with E-state index >= 15 is 0 Å². The highest BCUT2D eigenvalue weighted by Gasteiger charge is 2.24. The Morgan fingerprint density at radius 1 is 1.24 bits per heavy atom. The summed E-state index contributed by atoms with van der Waals surface area (Å²) >= 11 is 2.35. The van der Waals surface area contributed by atoms with E-state index < -0.39 is 5.97 Å². The quantitative estimate of drug-likeness (QED) is 0.250. The predicted octanol–water partition coefficient (Wildman–Crippen LogP) is 4.04. The molecule has 0 radical (unpaired) electrons. The highest BCUT2D eigenvalue weighted by Crippen LogP contribution is 2.36. The van der Waals surface area contributed by atoms with Crippen molar-refractivity contribution >= 4 is 40.0 Å². The number of thiophene rings is 1. The molecule has 3 aromatic heterocycles. The van der Waals surface area contributed by atoms with Crippen molar-refractivity contribution in [1.29, 1.82) is 0 Å². The Kier molecular flexibility index (Phi) is 7.65. The Morgan fingerprint density at radius 2 is 2.06 bits per heavy atom. The first-order valence-electron chi connectivity index (χ1n) is 10.5. The van der Waals surface area contributed by atoms with Crippen LogP contribution >= 0.6 is 23.1 Å². The summed E-state index contributed by atoms with van der Waals surface area (Å²) in [5.74, 6) is -0.368. The second kappa shape index (κ2) is 11.0. The molecule has 3 heterocycles. The fourth-order valence-corrected chi connectivity index (χ4v) is 4.98. The number of carbonyl (C=O) groups is 2. The standard InChI is InChI=1S/C23H22N4O5S2/c1-2-31-21(29)19-16(17-9-6-12-32-17)13-33-20(19)24-18(28)14-34-23-26-25-22(30)27(23)11-10-15-7-4-3-5-8-15/h3-9,12-13H,2,10-11,14H2,1H3,(H,24,28)(H,25,30). The summed E-state index contributed by atoms with van der Waals surface area (Å²) in [7, 11) is 0. The maximum Gasteiger partial charge on any atom is 0.343 e. The minimum atomic E-state index is -0.542. The van der Waals surface area contributed by atoms with Gasteiger partial charge in [0.1, 0.15) is 16.3 Å². The van der Waals surface area contributed by atoms with Crippen molar-refractivity contribution in [2.24, 2.45) is 0 Å². The van der Waals surface area contributed by atoms with E-state index in [1.165, 1.54) is 22.2 Å². The number of ether oxygens (including phenoxy) is 1. The predicted molar refractivity (Wildman–Crippen MR) is 130 cm³/mol. The molecule has 0 atom stereocenters. The number of carbonyl (C=O) groups excluding carboxylic acids is 2. The van der Waals surface area contributed by atoms with Gasteiger partial charge in [-0.2, -0.15) is 0 Å². The minimum Gasteiger partial charge on any atom is -0.464 e. The van der Waals surface area contributed by atoms with Crippen molar-refractivity contribution in [2.75, 3.05) is 17.7 Å². The molecule has 2 N–H and O–H groups in total. The number of hydrogen-bond acceptors (Lipinski definition) is 8. The first kappa shape index (κ1) is 23.6. The second-order valence-corrected chi connectivity index (χ2v) is 8.91. The third-order valence-electron chi connectivity index (χ3n) is 4.83. The zero-order valence-electron chi connectivity index (χ0n) is 18.3. The number of anilines is 1. The molecule has 34 heavy (non-hydrogen) atoms. The van der Waals surface area contributed by atoms with Crippen LogP contribution in [0.4, 0.5) is 5.00 Å². The van der Waals surface area contributed by atoms with Crippen molar-refractivity contribution in [1.82, 2.24) is 14.8 Å². The number of thioether (sulfide) groups is 1. The van der Waals surface area contributed by atoms with E-state index in [9.17, 15) is 14.4 Å². The summed E-state index contributed by atoms with van der Waals surface area (Å²) in [4.78, 5) is 37.4. The van der Waals surface area contributed by atoms with Crippen LogP contribution in [0, 0.1) is 0 Å². The van der Waals surface area contributed by atoms with Gasteiger partial charge in [0.2, 0.25) is 5.91 Å². The van der Waals surface area contributed by atoms with E-state index in [4.69, 9.17) is 9.15 Å². The van der Waals surface area contributed by atoms with Crippen molar-refractivity contribution in [3.8, 4) is 11.3 Å². The van der Waals surface area contributed by atoms with E-state index in [1.54, 1.807) is 24.4 Å². The van der Waals surface area contributed by atoms with Crippen LogP contribution in [0.5, 0.6) is 0 Å². The van der Waals surface area contributed by atoms with Crippen LogP contribution < -0.4 is 11.0 Å². The van der Waals surface area contributed by atoms with Gasteiger partial charge < -0.3 is 14.5 Å². The molecular weight excluding hydrogens is 476 g/mol. The number of hydrogen-bond donors (Lipinski definition) is 2. The van der Waals surface area contributed by atoms with Gasteiger partial charge in [-0.1, -0.05) is 42.1 Å². The second-order valence-electron chi connectivity index (χ2n) is 7.09. The number of nitrogens with one attached hydrogen (secondary N) is 2. The normalized spacial score (nSPS) is 10.9. The molecule has 0 bridgehead atoms. The van der Waals surface area contributed by atoms with Crippen molar-refractivity contribution < 1.29 is 18.7 Å². The molecule has 9 nitrogen and oxygen atoms in total. The molecule has 0 aliphatic rings. The topological polar surface area (TPSA) is 119 Å². The summed E-state index contributed by atoms with van der Waals surface area (Å²) in [5, 5.41) is 11.8. The third kappa shape index (κ3) is 5.49. The zero-order chi connectivity index (χ0) is 23.9. The summed E-state index contributed by atoms with van der Waals surface area (Å²) in [6.07, 6.45) is 2.17. The average molecular weight is 499 g/mol. The SMILES string of the molecule is CCOC(=O)c1c(-c2ccco2)csc1NC(=O)CSc1n[nH]c(=O)n1CCc1ccccc1. The molecule has 0 spiro atoms. The largest absolute Gasteiger partial charge is 0.464 e. The highest BCUT2D eigenvalue weighted by molar-refractivity contribution is 7.99. The van der Waals surface area contributed by atoms with E-state index in [0.717, 1.165) is 17.3 Å². The summed E-state index contributed by atoms with van der Waals surface area (Å²) < 4.78 is 12.1. The van der Waals surface area contributed by atoms with Gasteiger partial charge in [-0.05, 0) is 31.0 Å². The average Bonchev–Trinajstić information content (AvgIpc) is 3.57. The van der Waals surface area contributed by atoms with Crippen LogP contribution in [0.1, 0.15) is 22.8 Å². The number of amides is 1. The lowest BCUT2D eigenvalue weighted by Crippen LogP contribution is -2.20. The van der Waals surface area contributed by atoms with Gasteiger partial charge >= 0.3 is 11.7 Å². The van der Waals surface area contributed by atoms with Crippen molar-refractivity contribution in [2.45, 2.75) is 25.0 Å². The zero-order valence-corrected chi connectivity index (χ0v) is 19.9. The van der Waals surface area contributed by atoms with Gasteiger partial charge in [-0.25, -0.2) is 14.7 Å². The molecule has 0 saturated carbocycles. The smallest absolute Gasteiger partial charge is 0.343 e. The molecule has 4 rings (SSSR count). The van der Waals surface area contributed by atoms with Gasteiger partial charge in [0, 0.05) is 17.5 Å². The number of nitrogens with zero attached hydrogens (tertiary/aromatic N) is 2. The van der Waals surface area contributed by atoms with Gasteiger partial charge in [-0.3, -0.25) is 9.36 Å². The molecular formula is C23H22N4O5S2. The van der Waals surface area contributed by atoms with E-state index in [1.807, 2.05) is 30.3 Å². The third-order valence-corrected chi connectivity index (χ3v) is 6.70. The Hall–Kier alpha value is -3.57. The number of benzene rings is 1. The Bertz CT molecular complexity index is 1310. The van der Waals surface area contributed by atoms with Crippen molar-refractivity contribution in [3.05, 3.63) is 75.7 Å². The molecule has 0 saturated heterocycles. The lowest BCUT2D eigenvalue weighted by atomic mass is 10.1. The molecule has 1 aromatic carbocycles. The number of aromatic nitrogens is 3. The van der Waals surface area contributed by atoms with Crippen LogP contribution in [0.25, 0.3) is 11.3 Å². The van der Waals surface area contributed by atoms with Gasteiger partial charge in [0.05, 0.1) is 18.6 Å². The highest BCUT2D eigenvalue weighted by atomic mass is 32.2. The fraction of sp³-hybridized carbons (Fsp3) is 0.217. The molecule has 0 aliphatic carbocycles. The first-order valence-corrected chi connectivity index (χ1v) is 12.4. The Balaban J connectivity index is 1.43. The Labute approximate surface area is 203 Å². The lowest BCUT2D eigenvalue weighted by molar-refractivity contribution is -0.113. The number of H-pyrrole nitrogens is 1. The van der Waals surface area contributed by atoms with Crippen LogP contribution in [0.15, 0.2) is 68.5 Å². The van der Waals surface area contributed by atoms with Crippen LogP contribution in [-0.2, 0) is 22.5 Å². The lowest BCUT2D eigenvalue weighted by Gasteiger charge is -2.08. The molecule has 11 heteroatoms. The van der Waals surface area contributed by atoms with Crippen LogP contribution in [0.2, 0.25) is 0 Å². The van der Waals surface area contributed by atoms with Gasteiger partial charge in [0.15, 0.2) is 5.16 Å². The van der Waals surface area contributed by atoms with Gasteiger partial charge in [0.25, 0.3) is 0 Å². The number of rotatable bonds is 10. The maximum atomic E-state index is 12.7. The van der Waals surface area contributed by atoms with E-state index in [0.29, 0.717) is 34.4 Å². The molecule has 4 aromatic rings. The fourth-order valence-electron chi connectivity index (χ4n) is 3.26. The molecule has 0 unspecified atom stereocenters. The van der Waals surface area contributed by atoms with Crippen molar-refractivity contribution in [3.63, 3.8) is 0 Å². The number of esters is 1. The Morgan fingerprint density at radius 3 is 2.79 bits per heavy atom. The molecule has 0 aliphatic heterocycles. The van der Waals surface area contributed by atoms with E-state index in [2.05, 4.69) is 15.5 Å². The number of furan rings is 1. The summed E-state index contributed by atoms with van der Waals surface area (Å²) in [6, 6.07) is 13.3. The van der Waals surface area contributed by atoms with E-state index in [-0.39, 0.29) is 29.5 Å². The van der Waals surface area contributed by atoms with Crippen LogP contribution in [0.3, 0.4) is 0 Å².